The van der Waals surface area contributed by atoms with Gasteiger partial charge in [0.15, 0.2) is 0 Å². The van der Waals surface area contributed by atoms with Crippen LogP contribution in [0.2, 0.25) is 0 Å². The third kappa shape index (κ3) is 2.47. The van der Waals surface area contributed by atoms with Gasteiger partial charge in [-0.1, -0.05) is 6.92 Å². The van der Waals surface area contributed by atoms with Gasteiger partial charge in [0.05, 0.1) is 24.4 Å². The Hall–Kier alpha value is -1.73. The highest BCUT2D eigenvalue weighted by Crippen LogP contribution is 2.32. The van der Waals surface area contributed by atoms with Crippen LogP contribution < -0.4 is 5.73 Å². The lowest BCUT2D eigenvalue weighted by molar-refractivity contribution is -0.0442. The maximum atomic E-state index is 12.9. The van der Waals surface area contributed by atoms with Crippen molar-refractivity contribution in [2.24, 2.45) is 0 Å². The van der Waals surface area contributed by atoms with Crippen LogP contribution in [-0.2, 0) is 4.74 Å². The first kappa shape index (κ1) is 14.2. The highest BCUT2D eigenvalue weighted by atomic mass is 32.1. The Morgan fingerprint density at radius 2 is 2.29 bits per heavy atom. The summed E-state index contributed by atoms with van der Waals surface area (Å²) in [6, 6.07) is 0.0965. The average molecular weight is 306 g/mol. The number of anilines is 1. The lowest BCUT2D eigenvalue weighted by atomic mass is 10.1. The van der Waals surface area contributed by atoms with Crippen molar-refractivity contribution in [1.82, 2.24) is 14.9 Å². The van der Waals surface area contributed by atoms with Crippen LogP contribution >= 0.6 is 11.3 Å². The minimum atomic E-state index is -0.0423. The molecule has 0 aliphatic carbocycles. The van der Waals surface area contributed by atoms with Crippen molar-refractivity contribution in [3.05, 3.63) is 17.3 Å². The van der Waals surface area contributed by atoms with Crippen molar-refractivity contribution in [1.29, 1.82) is 0 Å². The minimum absolute atomic E-state index is 0.0423. The molecule has 21 heavy (non-hydrogen) atoms. The van der Waals surface area contributed by atoms with Gasteiger partial charge in [-0.05, 0) is 13.3 Å². The van der Waals surface area contributed by atoms with Gasteiger partial charge in [0.25, 0.3) is 5.91 Å². The number of rotatable bonds is 2. The smallest absolute Gasteiger partial charge is 0.266 e. The number of ether oxygens (including phenoxy) is 1. The average Bonchev–Trinajstić information content (AvgIpc) is 2.84. The Balaban J connectivity index is 1.97. The lowest BCUT2D eigenvalue weighted by Crippen LogP contribution is -2.51. The van der Waals surface area contributed by atoms with Gasteiger partial charge in [0, 0.05) is 18.9 Å². The molecule has 2 atom stereocenters. The van der Waals surface area contributed by atoms with Gasteiger partial charge in [-0.15, -0.1) is 11.3 Å². The predicted molar refractivity (Wildman–Crippen MR) is 82.4 cm³/mol. The molecule has 1 saturated heterocycles. The number of thiophene rings is 1. The van der Waals surface area contributed by atoms with Gasteiger partial charge in [-0.25, -0.2) is 9.97 Å². The summed E-state index contributed by atoms with van der Waals surface area (Å²) in [5.74, 6) is -0.0423. The fraction of sp³-hybridized carbons (Fsp3) is 0.500. The van der Waals surface area contributed by atoms with E-state index in [-0.39, 0.29) is 18.1 Å². The second-order valence-electron chi connectivity index (χ2n) is 5.22. The van der Waals surface area contributed by atoms with E-state index >= 15 is 0 Å². The van der Waals surface area contributed by atoms with E-state index in [1.807, 2.05) is 11.8 Å². The Labute approximate surface area is 126 Å². The van der Waals surface area contributed by atoms with Crippen LogP contribution in [0.1, 0.15) is 29.9 Å². The summed E-state index contributed by atoms with van der Waals surface area (Å²) < 4.78 is 5.64. The number of fused-ring (bicyclic) bond motifs is 1. The van der Waals surface area contributed by atoms with Crippen molar-refractivity contribution in [3.8, 4) is 0 Å². The van der Waals surface area contributed by atoms with E-state index in [9.17, 15) is 4.79 Å². The summed E-state index contributed by atoms with van der Waals surface area (Å²) in [7, 11) is 0. The molecule has 0 aromatic carbocycles. The standard InChI is InChI=1S/C14H18N4O2S/c1-3-9-7-20-8(2)6-18(9)14(19)12-10(15)11-13(21-12)17-5-4-16-11/h4-5,8-9H,3,6-7,15H2,1-2H3. The van der Waals surface area contributed by atoms with E-state index in [2.05, 4.69) is 16.9 Å². The van der Waals surface area contributed by atoms with E-state index in [1.54, 1.807) is 12.4 Å². The van der Waals surface area contributed by atoms with Crippen LogP contribution in [0, 0.1) is 0 Å². The second-order valence-corrected chi connectivity index (χ2v) is 6.22. The number of morpholine rings is 1. The topological polar surface area (TPSA) is 81.3 Å². The summed E-state index contributed by atoms with van der Waals surface area (Å²) in [4.78, 5) is 24.4. The van der Waals surface area contributed by atoms with Gasteiger partial charge in [0.1, 0.15) is 15.2 Å². The zero-order chi connectivity index (χ0) is 15.0. The number of nitrogen functional groups attached to an aromatic ring is 1. The van der Waals surface area contributed by atoms with E-state index in [1.165, 1.54) is 11.3 Å². The van der Waals surface area contributed by atoms with Crippen molar-refractivity contribution in [3.63, 3.8) is 0 Å². The predicted octanol–water partition coefficient (Wildman–Crippen LogP) is 1.91. The first-order valence-electron chi connectivity index (χ1n) is 7.03. The number of nitrogens with zero attached hydrogens (tertiary/aromatic N) is 3. The monoisotopic (exact) mass is 306 g/mol. The third-order valence-corrected chi connectivity index (χ3v) is 4.85. The summed E-state index contributed by atoms with van der Waals surface area (Å²) >= 11 is 1.31. The molecule has 112 valence electrons. The highest BCUT2D eigenvalue weighted by Gasteiger charge is 2.32. The van der Waals surface area contributed by atoms with Crippen LogP contribution in [0.4, 0.5) is 5.69 Å². The first-order valence-corrected chi connectivity index (χ1v) is 7.85. The van der Waals surface area contributed by atoms with Crippen molar-refractivity contribution in [2.75, 3.05) is 18.9 Å². The molecule has 1 amide bonds. The molecule has 0 spiro atoms. The number of amides is 1. The van der Waals surface area contributed by atoms with Gasteiger partial charge in [-0.3, -0.25) is 4.79 Å². The molecular weight excluding hydrogens is 288 g/mol. The molecule has 2 aromatic heterocycles. The zero-order valence-corrected chi connectivity index (χ0v) is 12.9. The van der Waals surface area contributed by atoms with Crippen LogP contribution in [-0.4, -0.2) is 46.1 Å². The molecule has 0 saturated carbocycles. The maximum Gasteiger partial charge on any atom is 0.266 e. The molecule has 2 N–H and O–H groups in total. The molecule has 7 heteroatoms. The van der Waals surface area contributed by atoms with Crippen LogP contribution in [0.5, 0.6) is 0 Å². The zero-order valence-electron chi connectivity index (χ0n) is 12.1. The summed E-state index contributed by atoms with van der Waals surface area (Å²) in [5, 5.41) is 0. The molecule has 2 unspecified atom stereocenters. The number of aromatic nitrogens is 2. The van der Waals surface area contributed by atoms with Gasteiger partial charge >= 0.3 is 0 Å². The van der Waals surface area contributed by atoms with Gasteiger partial charge in [0.2, 0.25) is 0 Å². The SMILES string of the molecule is CCC1COC(C)CN1C(=O)c1sc2nccnc2c1N. The molecule has 0 radical (unpaired) electrons. The summed E-state index contributed by atoms with van der Waals surface area (Å²) in [6.45, 7) is 5.20. The van der Waals surface area contributed by atoms with Crippen molar-refractivity contribution in [2.45, 2.75) is 32.4 Å². The van der Waals surface area contributed by atoms with Gasteiger partial charge in [-0.2, -0.15) is 0 Å². The molecule has 1 fully saturated rings. The molecule has 0 bridgehead atoms. The van der Waals surface area contributed by atoms with Crippen LogP contribution in [0.3, 0.4) is 0 Å². The molecule has 1 aliphatic rings. The minimum Gasteiger partial charge on any atom is -0.396 e. The number of carbonyl (C=O) groups is 1. The van der Waals surface area contributed by atoms with Crippen LogP contribution in [0.15, 0.2) is 12.4 Å². The highest BCUT2D eigenvalue weighted by molar-refractivity contribution is 7.21. The number of hydrogen-bond donors (Lipinski definition) is 1. The molecule has 6 nitrogen and oxygen atoms in total. The normalized spacial score (nSPS) is 22.7. The number of nitrogens with two attached hydrogens (primary N) is 1. The number of carbonyl (C=O) groups excluding carboxylic acids is 1. The van der Waals surface area contributed by atoms with Crippen LogP contribution in [0.25, 0.3) is 10.3 Å². The van der Waals surface area contributed by atoms with E-state index < -0.39 is 0 Å². The fourth-order valence-electron chi connectivity index (χ4n) is 2.56. The largest absolute Gasteiger partial charge is 0.396 e. The van der Waals surface area contributed by atoms with Crippen molar-refractivity contribution >= 4 is 33.3 Å². The Morgan fingerprint density at radius 3 is 3.00 bits per heavy atom. The Bertz CT molecular complexity index is 672. The molecule has 3 heterocycles. The molecule has 3 rings (SSSR count). The Kier molecular flexibility index (Phi) is 3.77. The van der Waals surface area contributed by atoms with Crippen molar-refractivity contribution < 1.29 is 9.53 Å². The fourth-order valence-corrected chi connectivity index (χ4v) is 3.54. The van der Waals surface area contributed by atoms with E-state index in [4.69, 9.17) is 10.5 Å². The van der Waals surface area contributed by atoms with E-state index in [0.29, 0.717) is 34.1 Å². The summed E-state index contributed by atoms with van der Waals surface area (Å²) in [5.41, 5.74) is 7.14. The first-order chi connectivity index (χ1) is 10.1. The molecular formula is C14H18N4O2S. The molecule has 2 aromatic rings. The molecule has 1 aliphatic heterocycles. The lowest BCUT2D eigenvalue weighted by Gasteiger charge is -2.38. The summed E-state index contributed by atoms with van der Waals surface area (Å²) in [6.07, 6.45) is 4.10. The van der Waals surface area contributed by atoms with Gasteiger partial charge < -0.3 is 15.4 Å². The number of hydrogen-bond acceptors (Lipinski definition) is 6. The second kappa shape index (κ2) is 5.57. The quantitative estimate of drug-likeness (QED) is 0.916. The maximum absolute atomic E-state index is 12.9. The van der Waals surface area contributed by atoms with E-state index in [0.717, 1.165) is 6.42 Å². The Morgan fingerprint density at radius 1 is 1.52 bits per heavy atom. The third-order valence-electron chi connectivity index (χ3n) is 3.76.